The van der Waals surface area contributed by atoms with Gasteiger partial charge in [-0.3, -0.25) is 9.59 Å². The number of ether oxygens (including phenoxy) is 3. The molecule has 0 bridgehead atoms. The van der Waals surface area contributed by atoms with Gasteiger partial charge in [0.1, 0.15) is 17.6 Å². The summed E-state index contributed by atoms with van der Waals surface area (Å²) in [5.41, 5.74) is 9.00. The molecule has 2 heterocycles. The monoisotopic (exact) mass is 845 g/mol. The SMILES string of the molecule is CCC(OC(=O)C(NC(=O)C(N)C(C)C)C(C)C)OC(=O)N(c1nc2ccc(-c3ccc(NC(=O)Cc4ccc(F)cc4)cc3)cn2n1)c1ccc(S(C)(=O)=O)cc1OC. The molecule has 3 aromatic carbocycles. The van der Waals surface area contributed by atoms with Gasteiger partial charge in [-0.1, -0.05) is 58.9 Å². The molecule has 0 radical (unpaired) electrons. The zero-order chi connectivity index (χ0) is 43.9. The molecule has 318 valence electrons. The highest BCUT2D eigenvalue weighted by Gasteiger charge is 2.34. The Bertz CT molecular complexity index is 2460. The average molecular weight is 846 g/mol. The number of nitrogens with two attached hydrogens (primary N) is 1. The molecule has 0 spiro atoms. The van der Waals surface area contributed by atoms with E-state index in [9.17, 15) is 32.0 Å². The maximum atomic E-state index is 14.2. The molecule has 0 aliphatic heterocycles. The van der Waals surface area contributed by atoms with Gasteiger partial charge in [-0.25, -0.2) is 31.8 Å². The number of anilines is 3. The molecule has 0 aliphatic rings. The Morgan fingerprint density at radius 2 is 1.57 bits per heavy atom. The lowest BCUT2D eigenvalue weighted by molar-refractivity contribution is -0.172. The van der Waals surface area contributed by atoms with Crippen LogP contribution in [0.1, 0.15) is 46.6 Å². The van der Waals surface area contributed by atoms with Gasteiger partial charge in [0.05, 0.1) is 30.2 Å². The van der Waals surface area contributed by atoms with Gasteiger partial charge in [-0.05, 0) is 71.5 Å². The third-order valence-electron chi connectivity index (χ3n) is 9.36. The number of amides is 3. The highest BCUT2D eigenvalue weighted by atomic mass is 32.2. The predicted molar refractivity (Wildman–Crippen MR) is 222 cm³/mol. The lowest BCUT2D eigenvalue weighted by Gasteiger charge is -2.27. The van der Waals surface area contributed by atoms with E-state index in [2.05, 4.69) is 20.7 Å². The van der Waals surface area contributed by atoms with Crippen LogP contribution in [0, 0.1) is 17.7 Å². The zero-order valence-corrected chi connectivity index (χ0v) is 35.0. The Morgan fingerprint density at radius 1 is 0.900 bits per heavy atom. The number of rotatable bonds is 16. The molecule has 3 unspecified atom stereocenters. The van der Waals surface area contributed by atoms with Gasteiger partial charge in [0.2, 0.25) is 18.1 Å². The molecule has 5 aromatic rings. The van der Waals surface area contributed by atoms with Crippen LogP contribution in [0.4, 0.5) is 26.5 Å². The standard InChI is InChI=1S/C42H48FN7O9S/c1-8-36(58-40(53)38(25(4)5)47-39(52)37(44)24(2)3)59-42(54)50(32-19-18-31(60(7,55)56)22-33(32)57-6)41-46-34-20-13-28(23-49(34)48-41)27-11-16-30(17-12-27)45-35(51)21-26-9-14-29(43)15-10-26/h9-20,22-25,36-38H,8,21,44H2,1-7H3,(H,45,51)(H,47,52). The minimum atomic E-state index is -3.69. The topological polar surface area (TPSA) is 214 Å². The van der Waals surface area contributed by atoms with Gasteiger partial charge in [-0.2, -0.15) is 4.98 Å². The van der Waals surface area contributed by atoms with Crippen molar-refractivity contribution < 1.29 is 46.2 Å². The molecule has 3 amide bonds. The molecule has 3 atom stereocenters. The minimum Gasteiger partial charge on any atom is -0.495 e. The number of fused-ring (bicyclic) bond motifs is 1. The van der Waals surface area contributed by atoms with Crippen LogP contribution >= 0.6 is 0 Å². The highest BCUT2D eigenvalue weighted by molar-refractivity contribution is 7.90. The first-order valence-corrected chi connectivity index (χ1v) is 20.9. The van der Waals surface area contributed by atoms with Crippen LogP contribution in [0.25, 0.3) is 16.8 Å². The third kappa shape index (κ3) is 11.0. The zero-order valence-electron chi connectivity index (χ0n) is 34.2. The Hall–Kier alpha value is -6.40. The van der Waals surface area contributed by atoms with Crippen LogP contribution in [0.15, 0.2) is 90.0 Å². The number of nitrogens with zero attached hydrogens (tertiary/aromatic N) is 4. The molecular formula is C42H48FN7O9S. The normalized spacial score (nSPS) is 13.1. The first-order valence-electron chi connectivity index (χ1n) is 19.0. The maximum absolute atomic E-state index is 14.2. The van der Waals surface area contributed by atoms with Crippen LogP contribution in [-0.2, 0) is 40.1 Å². The summed E-state index contributed by atoms with van der Waals surface area (Å²) in [7, 11) is -2.39. The Labute approximate surface area is 347 Å². The molecule has 18 heteroatoms. The highest BCUT2D eigenvalue weighted by Crippen LogP contribution is 2.36. The fourth-order valence-electron chi connectivity index (χ4n) is 5.85. The number of methoxy groups -OCH3 is 1. The number of aromatic nitrogens is 3. The van der Waals surface area contributed by atoms with E-state index in [4.69, 9.17) is 19.9 Å². The van der Waals surface area contributed by atoms with Crippen molar-refractivity contribution >= 4 is 56.7 Å². The van der Waals surface area contributed by atoms with Crippen molar-refractivity contribution in [2.75, 3.05) is 23.6 Å². The Morgan fingerprint density at radius 3 is 2.17 bits per heavy atom. The number of pyridine rings is 1. The minimum absolute atomic E-state index is 0.0123. The van der Waals surface area contributed by atoms with E-state index < -0.39 is 52.1 Å². The molecule has 0 fully saturated rings. The quantitative estimate of drug-likeness (QED) is 0.0794. The first-order chi connectivity index (χ1) is 28.4. The predicted octanol–water partition coefficient (Wildman–Crippen LogP) is 5.81. The lowest BCUT2D eigenvalue weighted by atomic mass is 10.0. The van der Waals surface area contributed by atoms with E-state index in [1.165, 1.54) is 42.0 Å². The smallest absolute Gasteiger partial charge is 0.424 e. The van der Waals surface area contributed by atoms with Crippen molar-refractivity contribution in [1.29, 1.82) is 0 Å². The Kier molecular flexibility index (Phi) is 14.2. The summed E-state index contributed by atoms with van der Waals surface area (Å²) >= 11 is 0. The second-order valence-corrected chi connectivity index (χ2v) is 16.7. The summed E-state index contributed by atoms with van der Waals surface area (Å²) in [6.45, 7) is 8.59. The number of halogens is 1. The molecular weight excluding hydrogens is 798 g/mol. The summed E-state index contributed by atoms with van der Waals surface area (Å²) in [6, 6.07) is 18.1. The van der Waals surface area contributed by atoms with Crippen molar-refractivity contribution in [3.8, 4) is 16.9 Å². The maximum Gasteiger partial charge on any atom is 0.424 e. The van der Waals surface area contributed by atoms with Crippen molar-refractivity contribution in [2.45, 2.75) is 70.7 Å². The number of sulfone groups is 1. The van der Waals surface area contributed by atoms with E-state index in [0.717, 1.165) is 16.7 Å². The van der Waals surface area contributed by atoms with Crippen molar-refractivity contribution in [2.24, 2.45) is 17.6 Å². The second kappa shape index (κ2) is 19.1. The number of carbonyl (C=O) groups is 4. The van der Waals surface area contributed by atoms with Crippen molar-refractivity contribution in [1.82, 2.24) is 19.9 Å². The number of carbonyl (C=O) groups excluding carboxylic acids is 4. The molecule has 0 saturated carbocycles. The van der Waals surface area contributed by atoms with Gasteiger partial charge in [0.25, 0.3) is 5.95 Å². The number of benzene rings is 3. The van der Waals surface area contributed by atoms with Crippen LogP contribution < -0.4 is 26.0 Å². The van der Waals surface area contributed by atoms with E-state index >= 15 is 0 Å². The number of esters is 1. The van der Waals surface area contributed by atoms with Crippen LogP contribution in [-0.4, -0.2) is 78.6 Å². The number of hydrogen-bond acceptors (Lipinski definition) is 12. The van der Waals surface area contributed by atoms with Gasteiger partial charge >= 0.3 is 12.1 Å². The molecule has 2 aromatic heterocycles. The van der Waals surface area contributed by atoms with E-state index in [0.29, 0.717) is 22.5 Å². The van der Waals surface area contributed by atoms with Crippen LogP contribution in [0.3, 0.4) is 0 Å². The van der Waals surface area contributed by atoms with E-state index in [1.807, 2.05) is 0 Å². The summed E-state index contributed by atoms with van der Waals surface area (Å²) in [5, 5.41) is 10.0. The van der Waals surface area contributed by atoms with Crippen LogP contribution in [0.5, 0.6) is 5.75 Å². The van der Waals surface area contributed by atoms with Gasteiger partial charge in [0, 0.05) is 36.2 Å². The fraction of sp³-hybridized carbons (Fsp3) is 0.333. The number of hydrogen-bond donors (Lipinski definition) is 3. The molecule has 0 saturated heterocycles. The second-order valence-electron chi connectivity index (χ2n) is 14.7. The summed E-state index contributed by atoms with van der Waals surface area (Å²) in [5.74, 6) is -2.88. The first kappa shape index (κ1) is 44.7. The molecule has 60 heavy (non-hydrogen) atoms. The lowest BCUT2D eigenvalue weighted by Crippen LogP contribution is -2.53. The van der Waals surface area contributed by atoms with Crippen molar-refractivity contribution in [3.63, 3.8) is 0 Å². The Balaban J connectivity index is 1.42. The van der Waals surface area contributed by atoms with E-state index in [-0.39, 0.29) is 52.8 Å². The summed E-state index contributed by atoms with van der Waals surface area (Å²) in [4.78, 5) is 58.4. The van der Waals surface area contributed by atoms with Crippen LogP contribution in [0.2, 0.25) is 0 Å². The van der Waals surface area contributed by atoms with Gasteiger partial charge in [-0.15, -0.1) is 5.10 Å². The van der Waals surface area contributed by atoms with E-state index in [1.54, 1.807) is 89.3 Å². The largest absolute Gasteiger partial charge is 0.495 e. The summed E-state index contributed by atoms with van der Waals surface area (Å²) in [6.07, 6.45) is 0.243. The summed E-state index contributed by atoms with van der Waals surface area (Å²) < 4.78 is 56.4. The molecule has 0 aliphatic carbocycles. The number of nitrogens with one attached hydrogen (secondary N) is 2. The molecule has 4 N–H and O–H groups in total. The van der Waals surface area contributed by atoms with Gasteiger partial charge in [0.15, 0.2) is 15.5 Å². The molecule has 16 nitrogen and oxygen atoms in total. The average Bonchev–Trinajstić information content (AvgIpc) is 3.62. The molecule has 5 rings (SSSR count). The van der Waals surface area contributed by atoms with Gasteiger partial charge < -0.3 is 30.6 Å². The fourth-order valence-corrected chi connectivity index (χ4v) is 6.48. The van der Waals surface area contributed by atoms with Crippen molar-refractivity contribution in [3.05, 3.63) is 96.4 Å². The third-order valence-corrected chi connectivity index (χ3v) is 10.5.